The van der Waals surface area contributed by atoms with Gasteiger partial charge >= 0.3 is 0 Å². The Morgan fingerprint density at radius 1 is 1.24 bits per heavy atom. The normalized spacial score (nSPS) is 12.0. The van der Waals surface area contributed by atoms with E-state index in [0.29, 0.717) is 11.3 Å². The lowest BCUT2D eigenvalue weighted by Crippen LogP contribution is -2.30. The standard InChI is InChI=1S/C16H16BrFN2O/c1-10(11-3-6-13(18)7-4-11)20(2)16(21)14-8-5-12(17)9-15(14)19/h3-10H,19H2,1-2H3. The number of hydrogen-bond donors (Lipinski definition) is 1. The van der Waals surface area contributed by atoms with Gasteiger partial charge in [-0.2, -0.15) is 0 Å². The number of nitrogens with zero attached hydrogens (tertiary/aromatic N) is 1. The van der Waals surface area contributed by atoms with Gasteiger partial charge in [0.15, 0.2) is 0 Å². The monoisotopic (exact) mass is 350 g/mol. The van der Waals surface area contributed by atoms with Crippen LogP contribution in [0, 0.1) is 5.82 Å². The average molecular weight is 351 g/mol. The molecule has 110 valence electrons. The molecule has 2 aromatic carbocycles. The van der Waals surface area contributed by atoms with E-state index in [1.807, 2.05) is 6.92 Å². The maximum atomic E-state index is 13.0. The fraction of sp³-hybridized carbons (Fsp3) is 0.188. The molecule has 0 saturated heterocycles. The van der Waals surface area contributed by atoms with E-state index in [-0.39, 0.29) is 17.8 Å². The Kier molecular flexibility index (Phi) is 4.63. The average Bonchev–Trinajstić information content (AvgIpc) is 2.46. The lowest BCUT2D eigenvalue weighted by molar-refractivity contribution is 0.0743. The summed E-state index contributed by atoms with van der Waals surface area (Å²) in [5.74, 6) is -0.464. The summed E-state index contributed by atoms with van der Waals surface area (Å²) in [7, 11) is 1.71. The maximum Gasteiger partial charge on any atom is 0.256 e. The molecule has 2 aromatic rings. The Balaban J connectivity index is 2.24. The smallest absolute Gasteiger partial charge is 0.256 e. The van der Waals surface area contributed by atoms with E-state index in [9.17, 15) is 9.18 Å². The van der Waals surface area contributed by atoms with Gasteiger partial charge in [0, 0.05) is 17.2 Å². The van der Waals surface area contributed by atoms with E-state index in [1.54, 1.807) is 42.3 Å². The summed E-state index contributed by atoms with van der Waals surface area (Å²) in [6, 6.07) is 11.1. The van der Waals surface area contributed by atoms with Crippen LogP contribution >= 0.6 is 15.9 Å². The summed E-state index contributed by atoms with van der Waals surface area (Å²) in [5.41, 5.74) is 7.63. The Hall–Kier alpha value is -1.88. The molecule has 0 spiro atoms. The molecule has 2 rings (SSSR count). The van der Waals surface area contributed by atoms with Gasteiger partial charge < -0.3 is 10.6 Å². The van der Waals surface area contributed by atoms with Crippen LogP contribution in [0.25, 0.3) is 0 Å². The molecule has 0 aromatic heterocycles. The van der Waals surface area contributed by atoms with E-state index in [4.69, 9.17) is 5.73 Å². The van der Waals surface area contributed by atoms with Crippen LogP contribution in [0.1, 0.15) is 28.9 Å². The molecule has 2 N–H and O–H groups in total. The second-order valence-corrected chi connectivity index (χ2v) is 5.79. The number of carbonyl (C=O) groups excluding carboxylic acids is 1. The molecule has 0 saturated carbocycles. The Morgan fingerprint density at radius 3 is 2.43 bits per heavy atom. The third kappa shape index (κ3) is 3.42. The van der Waals surface area contributed by atoms with E-state index in [2.05, 4.69) is 15.9 Å². The van der Waals surface area contributed by atoms with Crippen LogP contribution in [0.5, 0.6) is 0 Å². The van der Waals surface area contributed by atoms with Crippen molar-refractivity contribution in [1.29, 1.82) is 0 Å². The van der Waals surface area contributed by atoms with Crippen molar-refractivity contribution in [3.05, 3.63) is 63.9 Å². The largest absolute Gasteiger partial charge is 0.398 e. The summed E-state index contributed by atoms with van der Waals surface area (Å²) in [6.07, 6.45) is 0. The minimum absolute atomic E-state index is 0.170. The van der Waals surface area contributed by atoms with Gasteiger partial charge in [-0.3, -0.25) is 4.79 Å². The van der Waals surface area contributed by atoms with Crippen molar-refractivity contribution in [2.45, 2.75) is 13.0 Å². The Labute approximate surface area is 131 Å². The van der Waals surface area contributed by atoms with Gasteiger partial charge in [0.2, 0.25) is 0 Å². The molecular weight excluding hydrogens is 335 g/mol. The fourth-order valence-corrected chi connectivity index (χ4v) is 2.44. The number of hydrogen-bond acceptors (Lipinski definition) is 2. The van der Waals surface area contributed by atoms with Crippen LogP contribution in [0.15, 0.2) is 46.9 Å². The first-order valence-corrected chi connectivity index (χ1v) is 7.27. The highest BCUT2D eigenvalue weighted by atomic mass is 79.9. The van der Waals surface area contributed by atoms with Gasteiger partial charge in [0.25, 0.3) is 5.91 Å². The van der Waals surface area contributed by atoms with Crippen LogP contribution in [-0.4, -0.2) is 17.9 Å². The van der Waals surface area contributed by atoms with Crippen LogP contribution in [0.2, 0.25) is 0 Å². The third-order valence-corrected chi connectivity index (χ3v) is 3.99. The minimum Gasteiger partial charge on any atom is -0.398 e. The van der Waals surface area contributed by atoms with Crippen molar-refractivity contribution in [3.8, 4) is 0 Å². The molecule has 1 unspecified atom stereocenters. The van der Waals surface area contributed by atoms with Crippen LogP contribution in [0.3, 0.4) is 0 Å². The zero-order chi connectivity index (χ0) is 15.6. The maximum absolute atomic E-state index is 13.0. The highest BCUT2D eigenvalue weighted by Gasteiger charge is 2.20. The molecule has 0 radical (unpaired) electrons. The van der Waals surface area contributed by atoms with Gasteiger partial charge in [-0.1, -0.05) is 28.1 Å². The van der Waals surface area contributed by atoms with E-state index < -0.39 is 0 Å². The molecule has 1 atom stereocenters. The van der Waals surface area contributed by atoms with Crippen LogP contribution in [0.4, 0.5) is 10.1 Å². The first-order chi connectivity index (χ1) is 9.90. The van der Waals surface area contributed by atoms with Crippen molar-refractivity contribution in [2.24, 2.45) is 0 Å². The molecule has 0 heterocycles. The number of carbonyl (C=O) groups is 1. The highest BCUT2D eigenvalue weighted by molar-refractivity contribution is 9.10. The molecule has 0 aliphatic carbocycles. The third-order valence-electron chi connectivity index (χ3n) is 3.50. The number of nitrogen functional groups attached to an aromatic ring is 1. The van der Waals surface area contributed by atoms with E-state index >= 15 is 0 Å². The molecule has 1 amide bonds. The zero-order valence-corrected chi connectivity index (χ0v) is 13.4. The molecule has 0 bridgehead atoms. The molecule has 5 heteroatoms. The molecular formula is C16H16BrFN2O. The number of nitrogens with two attached hydrogens (primary N) is 1. The van der Waals surface area contributed by atoms with Gasteiger partial charge in [-0.05, 0) is 42.8 Å². The number of anilines is 1. The number of halogens is 2. The quantitative estimate of drug-likeness (QED) is 0.850. The fourth-order valence-electron chi connectivity index (χ4n) is 2.06. The van der Waals surface area contributed by atoms with E-state index in [1.165, 1.54) is 12.1 Å². The van der Waals surface area contributed by atoms with Crippen molar-refractivity contribution >= 4 is 27.5 Å². The van der Waals surface area contributed by atoms with Gasteiger partial charge in [-0.15, -0.1) is 0 Å². The minimum atomic E-state index is -0.294. The lowest BCUT2D eigenvalue weighted by atomic mass is 10.1. The SMILES string of the molecule is CC(c1ccc(F)cc1)N(C)C(=O)c1ccc(Br)cc1N. The van der Waals surface area contributed by atoms with E-state index in [0.717, 1.165) is 10.0 Å². The Morgan fingerprint density at radius 2 is 1.86 bits per heavy atom. The van der Waals surface area contributed by atoms with Crippen LogP contribution in [-0.2, 0) is 0 Å². The van der Waals surface area contributed by atoms with Crippen molar-refractivity contribution < 1.29 is 9.18 Å². The number of amides is 1. The second-order valence-electron chi connectivity index (χ2n) is 4.88. The summed E-state index contributed by atoms with van der Waals surface area (Å²) in [4.78, 5) is 14.1. The number of benzene rings is 2. The summed E-state index contributed by atoms with van der Waals surface area (Å²) in [6.45, 7) is 1.89. The van der Waals surface area contributed by atoms with Gasteiger partial charge in [0.05, 0.1) is 11.6 Å². The molecule has 0 aliphatic heterocycles. The summed E-state index contributed by atoms with van der Waals surface area (Å²) < 4.78 is 13.8. The predicted molar refractivity (Wildman–Crippen MR) is 85.5 cm³/mol. The van der Waals surface area contributed by atoms with Crippen molar-refractivity contribution in [2.75, 3.05) is 12.8 Å². The second kappa shape index (κ2) is 6.26. The zero-order valence-electron chi connectivity index (χ0n) is 11.8. The van der Waals surface area contributed by atoms with Crippen molar-refractivity contribution in [3.63, 3.8) is 0 Å². The lowest BCUT2D eigenvalue weighted by Gasteiger charge is -2.26. The molecule has 0 aliphatic rings. The van der Waals surface area contributed by atoms with Gasteiger partial charge in [0.1, 0.15) is 5.82 Å². The number of rotatable bonds is 3. The predicted octanol–water partition coefficient (Wildman–Crippen LogP) is 4.00. The van der Waals surface area contributed by atoms with Crippen LogP contribution < -0.4 is 5.73 Å². The Bertz CT molecular complexity index is 658. The molecule has 3 nitrogen and oxygen atoms in total. The highest BCUT2D eigenvalue weighted by Crippen LogP contribution is 2.24. The summed E-state index contributed by atoms with van der Waals surface area (Å²) in [5, 5.41) is 0. The van der Waals surface area contributed by atoms with Gasteiger partial charge in [-0.25, -0.2) is 4.39 Å². The summed E-state index contributed by atoms with van der Waals surface area (Å²) >= 11 is 3.31. The first-order valence-electron chi connectivity index (χ1n) is 6.48. The molecule has 0 fully saturated rings. The first kappa shape index (κ1) is 15.5. The van der Waals surface area contributed by atoms with Crippen molar-refractivity contribution in [1.82, 2.24) is 4.90 Å². The topological polar surface area (TPSA) is 46.3 Å². The molecule has 21 heavy (non-hydrogen) atoms.